The minimum absolute atomic E-state index is 0.0907. The second-order valence-electron chi connectivity index (χ2n) is 4.00. The smallest absolute Gasteiger partial charge is 0.303 e. The SMILES string of the molecule is O=C(O)CCCNC(=S)NC1CCS(=O)(=O)C1. The molecule has 0 aromatic heterocycles. The van der Waals surface area contributed by atoms with Crippen molar-refractivity contribution in [2.75, 3.05) is 18.1 Å². The van der Waals surface area contributed by atoms with Gasteiger partial charge in [-0.1, -0.05) is 0 Å². The van der Waals surface area contributed by atoms with E-state index in [0.717, 1.165) is 0 Å². The van der Waals surface area contributed by atoms with Crippen LogP contribution in [0.1, 0.15) is 19.3 Å². The molecule has 1 rings (SSSR count). The van der Waals surface area contributed by atoms with Gasteiger partial charge in [0, 0.05) is 19.0 Å². The Morgan fingerprint density at radius 2 is 2.18 bits per heavy atom. The number of nitrogens with one attached hydrogen (secondary N) is 2. The minimum Gasteiger partial charge on any atom is -0.481 e. The normalized spacial score (nSPS) is 22.0. The highest BCUT2D eigenvalue weighted by molar-refractivity contribution is 7.91. The van der Waals surface area contributed by atoms with Gasteiger partial charge in [-0.3, -0.25) is 4.79 Å². The zero-order valence-electron chi connectivity index (χ0n) is 9.31. The number of carbonyl (C=O) groups is 1. The molecular weight excluding hydrogens is 264 g/mol. The predicted octanol–water partition coefficient (Wildman–Crippen LogP) is -0.498. The van der Waals surface area contributed by atoms with Crippen LogP contribution in [0.2, 0.25) is 0 Å². The Kier molecular flexibility index (Phi) is 5.13. The summed E-state index contributed by atoms with van der Waals surface area (Å²) in [5.74, 6) is -0.525. The van der Waals surface area contributed by atoms with Gasteiger partial charge in [0.25, 0.3) is 0 Å². The molecule has 17 heavy (non-hydrogen) atoms. The Bertz CT molecular complexity index is 394. The van der Waals surface area contributed by atoms with Gasteiger partial charge in [-0.15, -0.1) is 0 Å². The van der Waals surface area contributed by atoms with Crippen LogP contribution in [0.15, 0.2) is 0 Å². The molecule has 1 fully saturated rings. The van der Waals surface area contributed by atoms with Crippen molar-refractivity contribution in [1.29, 1.82) is 0 Å². The number of carboxylic acid groups (broad SMARTS) is 1. The van der Waals surface area contributed by atoms with Crippen molar-refractivity contribution in [2.24, 2.45) is 0 Å². The molecule has 1 unspecified atom stereocenters. The third kappa shape index (κ3) is 5.83. The molecule has 6 nitrogen and oxygen atoms in total. The summed E-state index contributed by atoms with van der Waals surface area (Å²) >= 11 is 4.98. The number of rotatable bonds is 5. The molecule has 0 radical (unpaired) electrons. The summed E-state index contributed by atoms with van der Waals surface area (Å²) in [6.07, 6.45) is 1.15. The van der Waals surface area contributed by atoms with Crippen molar-refractivity contribution >= 4 is 33.1 Å². The van der Waals surface area contributed by atoms with Crippen LogP contribution < -0.4 is 10.6 Å². The molecule has 8 heteroatoms. The zero-order chi connectivity index (χ0) is 12.9. The molecule has 0 bridgehead atoms. The highest BCUT2D eigenvalue weighted by Crippen LogP contribution is 2.10. The summed E-state index contributed by atoms with van der Waals surface area (Å²) in [6.45, 7) is 0.470. The van der Waals surface area contributed by atoms with Gasteiger partial charge in [0.15, 0.2) is 14.9 Å². The molecule has 0 aromatic rings. The van der Waals surface area contributed by atoms with Gasteiger partial charge < -0.3 is 15.7 Å². The van der Waals surface area contributed by atoms with Crippen LogP contribution >= 0.6 is 12.2 Å². The van der Waals surface area contributed by atoms with Gasteiger partial charge in [0.2, 0.25) is 0 Å². The van der Waals surface area contributed by atoms with E-state index in [0.29, 0.717) is 24.5 Å². The van der Waals surface area contributed by atoms with Crippen LogP contribution in [-0.4, -0.2) is 48.7 Å². The first kappa shape index (κ1) is 14.2. The highest BCUT2D eigenvalue weighted by Gasteiger charge is 2.27. The first-order chi connectivity index (χ1) is 7.89. The molecule has 1 saturated heterocycles. The van der Waals surface area contributed by atoms with Crippen molar-refractivity contribution in [3.8, 4) is 0 Å². The fraction of sp³-hybridized carbons (Fsp3) is 0.778. The quantitative estimate of drug-likeness (QED) is 0.461. The minimum atomic E-state index is -2.91. The molecule has 1 aliphatic rings. The van der Waals surface area contributed by atoms with Crippen LogP contribution in [0.3, 0.4) is 0 Å². The number of hydrogen-bond donors (Lipinski definition) is 3. The Balaban J connectivity index is 2.16. The molecule has 0 saturated carbocycles. The average Bonchev–Trinajstić information content (AvgIpc) is 2.52. The largest absolute Gasteiger partial charge is 0.481 e. The maximum atomic E-state index is 11.2. The third-order valence-electron chi connectivity index (χ3n) is 2.42. The third-order valence-corrected chi connectivity index (χ3v) is 4.45. The zero-order valence-corrected chi connectivity index (χ0v) is 10.9. The lowest BCUT2D eigenvalue weighted by Crippen LogP contribution is -2.42. The number of carboxylic acids is 1. The van der Waals surface area contributed by atoms with Gasteiger partial charge in [0.05, 0.1) is 11.5 Å². The van der Waals surface area contributed by atoms with Gasteiger partial charge in [0.1, 0.15) is 0 Å². The van der Waals surface area contributed by atoms with E-state index in [-0.39, 0.29) is 24.0 Å². The van der Waals surface area contributed by atoms with E-state index in [4.69, 9.17) is 17.3 Å². The van der Waals surface area contributed by atoms with E-state index in [2.05, 4.69) is 10.6 Å². The Labute approximate surface area is 106 Å². The Hall–Kier alpha value is -0.890. The van der Waals surface area contributed by atoms with Crippen molar-refractivity contribution in [3.05, 3.63) is 0 Å². The molecule has 98 valence electrons. The monoisotopic (exact) mass is 280 g/mol. The molecule has 1 heterocycles. The highest BCUT2D eigenvalue weighted by atomic mass is 32.2. The summed E-state index contributed by atoms with van der Waals surface area (Å²) < 4.78 is 22.4. The average molecular weight is 280 g/mol. The van der Waals surface area contributed by atoms with E-state index in [1.54, 1.807) is 0 Å². The summed E-state index contributed by atoms with van der Waals surface area (Å²) in [5.41, 5.74) is 0. The second-order valence-corrected chi connectivity index (χ2v) is 6.63. The maximum Gasteiger partial charge on any atom is 0.303 e. The predicted molar refractivity (Wildman–Crippen MR) is 67.7 cm³/mol. The van der Waals surface area contributed by atoms with Crippen LogP contribution in [0.5, 0.6) is 0 Å². The van der Waals surface area contributed by atoms with Crippen molar-refractivity contribution < 1.29 is 18.3 Å². The molecule has 0 spiro atoms. The lowest BCUT2D eigenvalue weighted by Gasteiger charge is -2.14. The fourth-order valence-corrected chi connectivity index (χ4v) is 3.53. The Morgan fingerprint density at radius 1 is 1.47 bits per heavy atom. The van der Waals surface area contributed by atoms with Crippen molar-refractivity contribution in [2.45, 2.75) is 25.3 Å². The number of hydrogen-bond acceptors (Lipinski definition) is 4. The first-order valence-corrected chi connectivity index (χ1v) is 7.58. The first-order valence-electron chi connectivity index (χ1n) is 5.35. The lowest BCUT2D eigenvalue weighted by atomic mass is 10.3. The van der Waals surface area contributed by atoms with Crippen LogP contribution in [-0.2, 0) is 14.6 Å². The van der Waals surface area contributed by atoms with Crippen molar-refractivity contribution in [1.82, 2.24) is 10.6 Å². The summed E-state index contributed by atoms with van der Waals surface area (Å²) in [5, 5.41) is 14.6. The number of sulfone groups is 1. The molecule has 1 aliphatic heterocycles. The van der Waals surface area contributed by atoms with Crippen LogP contribution in [0.25, 0.3) is 0 Å². The van der Waals surface area contributed by atoms with E-state index in [1.165, 1.54) is 0 Å². The standard InChI is InChI=1S/C9H16N2O4S2/c12-8(13)2-1-4-10-9(16)11-7-3-5-17(14,15)6-7/h7H,1-6H2,(H,12,13)(H2,10,11,16). The molecule has 0 aromatic carbocycles. The number of thiocarbonyl (C=S) groups is 1. The molecule has 3 N–H and O–H groups in total. The summed E-state index contributed by atoms with van der Waals surface area (Å²) in [7, 11) is -2.91. The van der Waals surface area contributed by atoms with Crippen molar-refractivity contribution in [3.63, 3.8) is 0 Å². The topological polar surface area (TPSA) is 95.5 Å². The fourth-order valence-electron chi connectivity index (χ4n) is 1.59. The van der Waals surface area contributed by atoms with Gasteiger partial charge in [-0.25, -0.2) is 8.42 Å². The summed E-state index contributed by atoms with van der Waals surface area (Å²) in [6, 6.07) is -0.125. The van der Waals surface area contributed by atoms with E-state index in [9.17, 15) is 13.2 Å². The maximum absolute atomic E-state index is 11.2. The molecule has 0 aliphatic carbocycles. The lowest BCUT2D eigenvalue weighted by molar-refractivity contribution is -0.137. The molecular formula is C9H16N2O4S2. The summed E-state index contributed by atoms with van der Waals surface area (Å²) in [4.78, 5) is 10.3. The van der Waals surface area contributed by atoms with Crippen LogP contribution in [0, 0.1) is 0 Å². The van der Waals surface area contributed by atoms with Gasteiger partial charge >= 0.3 is 5.97 Å². The van der Waals surface area contributed by atoms with E-state index in [1.807, 2.05) is 0 Å². The molecule has 1 atom stereocenters. The molecule has 0 amide bonds. The van der Waals surface area contributed by atoms with E-state index < -0.39 is 15.8 Å². The van der Waals surface area contributed by atoms with E-state index >= 15 is 0 Å². The second kappa shape index (κ2) is 6.15. The van der Waals surface area contributed by atoms with Crippen LogP contribution in [0.4, 0.5) is 0 Å². The number of aliphatic carboxylic acids is 1. The van der Waals surface area contributed by atoms with Gasteiger partial charge in [-0.05, 0) is 25.1 Å². The van der Waals surface area contributed by atoms with Gasteiger partial charge in [-0.2, -0.15) is 0 Å². The Morgan fingerprint density at radius 3 is 2.71 bits per heavy atom.